The summed E-state index contributed by atoms with van der Waals surface area (Å²) in [5, 5.41) is 15.8. The highest BCUT2D eigenvalue weighted by atomic mass is 32.1. The highest BCUT2D eigenvalue weighted by Gasteiger charge is 2.39. The van der Waals surface area contributed by atoms with Gasteiger partial charge in [0.25, 0.3) is 0 Å². The Balaban J connectivity index is 0.0000000997. The van der Waals surface area contributed by atoms with Crippen molar-refractivity contribution < 1.29 is 0 Å². The van der Waals surface area contributed by atoms with E-state index in [1.165, 1.54) is 223 Å². The summed E-state index contributed by atoms with van der Waals surface area (Å²) >= 11 is 3.80. The van der Waals surface area contributed by atoms with Crippen LogP contribution in [0.15, 0.2) is 370 Å². The summed E-state index contributed by atoms with van der Waals surface area (Å²) in [5.74, 6) is 0.217. The molecule has 3 aliphatic rings. The van der Waals surface area contributed by atoms with Crippen LogP contribution >= 0.6 is 22.7 Å². The minimum Gasteiger partial charge on any atom is -0.309 e. The smallest absolute Gasteiger partial charge is 0.0544 e. The molecular weight excluding hydrogens is 1430 g/mol. The first-order chi connectivity index (χ1) is 56.6. The molecule has 0 fully saturated rings. The van der Waals surface area contributed by atoms with Gasteiger partial charge in [-0.1, -0.05) is 264 Å². The summed E-state index contributed by atoms with van der Waals surface area (Å²) in [4.78, 5) is 0. The summed E-state index contributed by atoms with van der Waals surface area (Å²) in [6.07, 6.45) is 0. The highest BCUT2D eigenvalue weighted by Crippen LogP contribution is 2.56. The van der Waals surface area contributed by atoms with E-state index < -0.39 is 0 Å². The van der Waals surface area contributed by atoms with Crippen molar-refractivity contribution in [3.05, 3.63) is 409 Å². The van der Waals surface area contributed by atoms with Crippen LogP contribution in [0.4, 0.5) is 0 Å². The van der Waals surface area contributed by atoms with Crippen LogP contribution in [-0.2, 0) is 10.8 Å². The maximum absolute atomic E-state index is 2.47. The zero-order chi connectivity index (χ0) is 76.1. The number of nitrogens with zero attached hydrogens (tertiary/aromatic N) is 4. The van der Waals surface area contributed by atoms with Gasteiger partial charge in [-0.15, -0.1) is 22.7 Å². The van der Waals surface area contributed by atoms with Gasteiger partial charge in [0.15, 0.2) is 0 Å². The molecule has 0 N–H and O–H groups in total. The van der Waals surface area contributed by atoms with Gasteiger partial charge in [0.1, 0.15) is 0 Å². The Morgan fingerprint density at radius 1 is 0.217 bits per heavy atom. The third kappa shape index (κ3) is 9.64. The lowest BCUT2D eigenvalue weighted by Crippen LogP contribution is -2.14. The fraction of sp³-hybridized carbons (Fsp3) is 0.0642. The highest BCUT2D eigenvalue weighted by molar-refractivity contribution is 7.26. The van der Waals surface area contributed by atoms with Crippen molar-refractivity contribution >= 4 is 150 Å². The summed E-state index contributed by atoms with van der Waals surface area (Å²) in [5.41, 5.74) is 32.8. The first kappa shape index (κ1) is 66.0. The minimum absolute atomic E-state index is 0.0189. The molecule has 0 saturated carbocycles. The molecule has 17 aromatic carbocycles. The zero-order valence-electron chi connectivity index (χ0n) is 63.9. The molecule has 0 amide bonds. The molecule has 0 radical (unpaired) electrons. The fourth-order valence-corrected chi connectivity index (χ4v) is 22.9. The largest absolute Gasteiger partial charge is 0.309 e. The number of para-hydroxylation sites is 6. The molecule has 0 aliphatic heterocycles. The van der Waals surface area contributed by atoms with Crippen molar-refractivity contribution in [3.8, 4) is 56.1 Å². The lowest BCUT2D eigenvalue weighted by Gasteiger charge is -2.21. The van der Waals surface area contributed by atoms with Gasteiger partial charge in [-0.2, -0.15) is 0 Å². The van der Waals surface area contributed by atoms with E-state index in [1.54, 1.807) is 0 Å². The monoisotopic (exact) mass is 1500 g/mol. The Hall–Kier alpha value is -13.6. The van der Waals surface area contributed by atoms with E-state index in [0.29, 0.717) is 0 Å². The van der Waals surface area contributed by atoms with Crippen molar-refractivity contribution in [2.75, 3.05) is 0 Å². The molecule has 6 heteroatoms. The van der Waals surface area contributed by atoms with Crippen molar-refractivity contribution in [2.24, 2.45) is 0 Å². The average molecular weight is 1500 g/mol. The van der Waals surface area contributed by atoms with Crippen LogP contribution in [0, 0.1) is 0 Å². The van der Waals surface area contributed by atoms with Gasteiger partial charge in [0, 0.05) is 128 Å². The van der Waals surface area contributed by atoms with Gasteiger partial charge in [0.2, 0.25) is 0 Å². The summed E-state index contributed by atoms with van der Waals surface area (Å²) in [7, 11) is 0. The number of hydrogen-bond donors (Lipinski definition) is 0. The Bertz CT molecular complexity index is 8050. The Kier molecular flexibility index (Phi) is 14.3. The van der Waals surface area contributed by atoms with Gasteiger partial charge >= 0.3 is 0 Å². The van der Waals surface area contributed by atoms with Gasteiger partial charge in [-0.05, 0) is 200 Å². The maximum atomic E-state index is 2.47. The van der Waals surface area contributed by atoms with E-state index in [4.69, 9.17) is 0 Å². The van der Waals surface area contributed by atoms with Gasteiger partial charge in [0.05, 0.1) is 44.1 Å². The zero-order valence-corrected chi connectivity index (χ0v) is 65.5. The SMILES string of the molecule is CC1(C)c2ccccc2-c2cc3c4ccccc4n(-c4ccc5c(c4)c4ccccc4n5-c4ccccc4)c3cc21.CC1(C)c2ccccc2-c2cc3c4ccccc4n(-c4ccc5sc6ccccc6c5c4)c3cc21.c1ccc(-n2c3ccccc3c3cc(C4c5ccccc5-c5c4ccc4c5sc5ccccc54)ccc32)cc1. The van der Waals surface area contributed by atoms with Crippen LogP contribution in [-0.4, -0.2) is 18.3 Å². The number of rotatable bonds is 5. The topological polar surface area (TPSA) is 19.7 Å². The quantitative estimate of drug-likeness (QED) is 0.164. The minimum atomic E-state index is -0.0472. The van der Waals surface area contributed by atoms with Crippen molar-refractivity contribution in [3.63, 3.8) is 0 Å². The molecule has 0 spiro atoms. The molecule has 23 aromatic rings. The molecular formula is C109H74N4S2. The van der Waals surface area contributed by atoms with Crippen molar-refractivity contribution in [2.45, 2.75) is 44.4 Å². The van der Waals surface area contributed by atoms with Crippen LogP contribution in [0.2, 0.25) is 0 Å². The normalized spacial score (nSPS) is 14.1. The molecule has 542 valence electrons. The molecule has 115 heavy (non-hydrogen) atoms. The molecule has 0 bridgehead atoms. The predicted molar refractivity (Wildman–Crippen MR) is 490 cm³/mol. The molecule has 26 rings (SSSR count). The first-order valence-corrected chi connectivity index (χ1v) is 41.7. The second-order valence-electron chi connectivity index (χ2n) is 32.5. The van der Waals surface area contributed by atoms with Gasteiger partial charge in [-0.25, -0.2) is 0 Å². The number of benzene rings is 17. The van der Waals surface area contributed by atoms with E-state index in [2.05, 4.69) is 416 Å². The average Bonchev–Trinajstić information content (AvgIpc) is 1.55. The Morgan fingerprint density at radius 3 is 1.14 bits per heavy atom. The second kappa shape index (κ2) is 24.9. The number of thiophene rings is 2. The third-order valence-electron chi connectivity index (χ3n) is 25.8. The maximum Gasteiger partial charge on any atom is 0.0544 e. The molecule has 6 heterocycles. The van der Waals surface area contributed by atoms with Crippen molar-refractivity contribution in [1.82, 2.24) is 18.3 Å². The van der Waals surface area contributed by atoms with Crippen LogP contribution in [0.25, 0.3) is 184 Å². The van der Waals surface area contributed by atoms with E-state index >= 15 is 0 Å². The van der Waals surface area contributed by atoms with E-state index in [1.807, 2.05) is 22.7 Å². The predicted octanol–water partition coefficient (Wildman–Crippen LogP) is 30.0. The molecule has 1 atom stereocenters. The summed E-state index contributed by atoms with van der Waals surface area (Å²) in [6, 6.07) is 137. The van der Waals surface area contributed by atoms with E-state index in [9.17, 15) is 0 Å². The number of aromatic nitrogens is 4. The fourth-order valence-electron chi connectivity index (χ4n) is 20.5. The third-order valence-corrected chi connectivity index (χ3v) is 28.1. The number of fused-ring (bicyclic) bond motifs is 28. The van der Waals surface area contributed by atoms with Crippen LogP contribution in [0.5, 0.6) is 0 Å². The van der Waals surface area contributed by atoms with Crippen molar-refractivity contribution in [1.29, 1.82) is 0 Å². The second-order valence-corrected chi connectivity index (χ2v) is 34.7. The van der Waals surface area contributed by atoms with E-state index in [0.717, 1.165) is 0 Å². The van der Waals surface area contributed by atoms with Crippen LogP contribution < -0.4 is 0 Å². The molecule has 1 unspecified atom stereocenters. The lowest BCUT2D eigenvalue weighted by molar-refractivity contribution is 0.661. The Labute approximate surface area is 673 Å². The number of hydrogen-bond acceptors (Lipinski definition) is 2. The van der Waals surface area contributed by atoms with E-state index in [-0.39, 0.29) is 16.7 Å². The molecule has 3 aliphatic carbocycles. The molecule has 6 aromatic heterocycles. The first-order valence-electron chi connectivity index (χ1n) is 40.1. The Morgan fingerprint density at radius 2 is 0.600 bits per heavy atom. The lowest BCUT2D eigenvalue weighted by atomic mass is 9.82. The van der Waals surface area contributed by atoms with Crippen LogP contribution in [0.1, 0.15) is 72.6 Å². The molecule has 0 saturated heterocycles. The summed E-state index contributed by atoms with van der Waals surface area (Å²) in [6.45, 7) is 9.45. The van der Waals surface area contributed by atoms with Gasteiger partial charge < -0.3 is 18.3 Å². The van der Waals surface area contributed by atoms with Crippen LogP contribution in [0.3, 0.4) is 0 Å². The standard InChI is InChI=1S/C39H28N2.C37H23NS.C33H23NS/c1-39(2)33-17-9-6-14-27(33)30-23-32-29-16-8-11-19-36(29)41(38(32)24-34(30)39)26-20-21-37-31(22-26)28-15-7-10-18-35(28)40(37)25-12-4-3-5-13-25;1-2-10-24(11-3-1)38-32-16-8-6-12-25(32)31-22-23(18-21-33(31)38)35-27-14-4-5-15-28(27)36-30(35)20-19-29-26-13-7-9-17-34(26)39-37(29)36;1-33(2)27-12-6-3-9-21(27)24-18-25-22-10-4-7-13-29(22)34(30(25)19-28(24)33)20-15-16-32-26(17-20)23-11-5-8-14-31(23)35-32/h3-24H,1-2H3;1-22,35H;3-19H,1-2H3. The van der Waals surface area contributed by atoms with Gasteiger partial charge in [-0.3, -0.25) is 0 Å². The summed E-state index contributed by atoms with van der Waals surface area (Å²) < 4.78 is 15.2. The molecule has 4 nitrogen and oxygen atoms in total.